The number of methoxy groups -OCH3 is 1. The van der Waals surface area contributed by atoms with Gasteiger partial charge in [-0.05, 0) is 44.4 Å². The van der Waals surface area contributed by atoms with E-state index in [0.717, 1.165) is 70.5 Å². The Hall–Kier alpha value is -1.06. The minimum Gasteiger partial charge on any atom is -0.497 e. The molecule has 0 aromatic heterocycles. The lowest BCUT2D eigenvalue weighted by atomic mass is 10.1. The van der Waals surface area contributed by atoms with Crippen molar-refractivity contribution in [2.45, 2.75) is 32.7 Å². The Morgan fingerprint density at radius 1 is 1.22 bits per heavy atom. The molecule has 27 heavy (non-hydrogen) atoms. The zero-order valence-electron chi connectivity index (χ0n) is 16.9. The van der Waals surface area contributed by atoms with E-state index >= 15 is 0 Å². The average molecular weight is 490 g/mol. The lowest BCUT2D eigenvalue weighted by molar-refractivity contribution is 0.0220. The number of hydrogen-bond donors (Lipinski definition) is 2. The third-order valence-electron chi connectivity index (χ3n) is 4.62. The predicted molar refractivity (Wildman–Crippen MR) is 123 cm³/mol. The average Bonchev–Trinajstić information content (AvgIpc) is 2.70. The van der Waals surface area contributed by atoms with Crippen LogP contribution in [0, 0.1) is 0 Å². The van der Waals surface area contributed by atoms with E-state index in [1.807, 2.05) is 12.1 Å². The van der Waals surface area contributed by atoms with E-state index in [1.54, 1.807) is 7.11 Å². The van der Waals surface area contributed by atoms with Gasteiger partial charge in [0.05, 0.1) is 26.9 Å². The van der Waals surface area contributed by atoms with E-state index in [1.165, 1.54) is 5.56 Å². The number of guanidine groups is 1. The summed E-state index contributed by atoms with van der Waals surface area (Å²) >= 11 is 0. The van der Waals surface area contributed by atoms with Gasteiger partial charge in [-0.15, -0.1) is 24.0 Å². The monoisotopic (exact) mass is 490 g/mol. The summed E-state index contributed by atoms with van der Waals surface area (Å²) < 4.78 is 10.6. The van der Waals surface area contributed by atoms with Crippen molar-refractivity contribution in [3.63, 3.8) is 0 Å². The number of benzene rings is 1. The number of hydrogen-bond acceptors (Lipinski definition) is 4. The lowest BCUT2D eigenvalue weighted by Crippen LogP contribution is -2.44. The molecule has 1 saturated heterocycles. The van der Waals surface area contributed by atoms with Crippen LogP contribution in [0.15, 0.2) is 29.3 Å². The van der Waals surface area contributed by atoms with E-state index in [9.17, 15) is 0 Å². The topological polar surface area (TPSA) is 58.1 Å². The van der Waals surface area contributed by atoms with Gasteiger partial charge in [-0.25, -0.2) is 0 Å². The Balaban J connectivity index is 0.00000364. The second-order valence-electron chi connectivity index (χ2n) is 6.60. The molecule has 1 atom stereocenters. The summed E-state index contributed by atoms with van der Waals surface area (Å²) in [6.07, 6.45) is 2.11. The van der Waals surface area contributed by atoms with E-state index in [0.29, 0.717) is 6.04 Å². The minimum atomic E-state index is 0. The van der Waals surface area contributed by atoms with Crippen LogP contribution in [0.1, 0.15) is 25.8 Å². The standard InChI is InChI=1S/C20H34N4O2.HI/c1-4-21-20(23-16-17(2)24-12-14-26-15-13-24)22-11-5-6-18-7-9-19(25-3)10-8-18;/h7-10,17H,4-6,11-16H2,1-3H3,(H2,21,22,23);1H. The van der Waals surface area contributed by atoms with Crippen molar-refractivity contribution >= 4 is 29.9 Å². The highest BCUT2D eigenvalue weighted by molar-refractivity contribution is 14.0. The highest BCUT2D eigenvalue weighted by Crippen LogP contribution is 2.12. The zero-order valence-corrected chi connectivity index (χ0v) is 19.2. The van der Waals surface area contributed by atoms with Crippen molar-refractivity contribution in [3.05, 3.63) is 29.8 Å². The first kappa shape index (κ1) is 24.0. The first-order valence-electron chi connectivity index (χ1n) is 9.69. The van der Waals surface area contributed by atoms with Crippen molar-refractivity contribution in [2.75, 3.05) is 53.0 Å². The molecule has 0 saturated carbocycles. The normalized spacial score (nSPS) is 16.3. The van der Waals surface area contributed by atoms with Gasteiger partial charge in [0.15, 0.2) is 5.96 Å². The molecule has 1 fully saturated rings. The molecule has 154 valence electrons. The molecule has 2 N–H and O–H groups in total. The number of halogens is 1. The summed E-state index contributed by atoms with van der Waals surface area (Å²) in [6.45, 7) is 10.6. The summed E-state index contributed by atoms with van der Waals surface area (Å²) in [5.74, 6) is 1.81. The summed E-state index contributed by atoms with van der Waals surface area (Å²) in [7, 11) is 1.69. The van der Waals surface area contributed by atoms with Gasteiger partial charge >= 0.3 is 0 Å². The molecule has 0 bridgehead atoms. The zero-order chi connectivity index (χ0) is 18.6. The van der Waals surface area contributed by atoms with Gasteiger partial charge in [0.2, 0.25) is 0 Å². The second kappa shape index (κ2) is 14.0. The summed E-state index contributed by atoms with van der Waals surface area (Å²) in [6, 6.07) is 8.72. The predicted octanol–water partition coefficient (Wildman–Crippen LogP) is 2.52. The van der Waals surface area contributed by atoms with E-state index in [4.69, 9.17) is 14.5 Å². The van der Waals surface area contributed by atoms with Gasteiger partial charge in [0.1, 0.15) is 5.75 Å². The van der Waals surface area contributed by atoms with Crippen LogP contribution in [0.4, 0.5) is 0 Å². The molecule has 1 heterocycles. The van der Waals surface area contributed by atoms with Crippen LogP contribution in [0.5, 0.6) is 5.75 Å². The Kier molecular flexibility index (Phi) is 12.4. The Morgan fingerprint density at radius 2 is 1.93 bits per heavy atom. The molecule has 1 aliphatic heterocycles. The molecule has 1 unspecified atom stereocenters. The Bertz CT molecular complexity index is 533. The highest BCUT2D eigenvalue weighted by Gasteiger charge is 2.16. The van der Waals surface area contributed by atoms with Crippen LogP contribution in [0.3, 0.4) is 0 Å². The fourth-order valence-corrected chi connectivity index (χ4v) is 2.99. The van der Waals surface area contributed by atoms with E-state index in [-0.39, 0.29) is 24.0 Å². The quantitative estimate of drug-likeness (QED) is 0.241. The van der Waals surface area contributed by atoms with Crippen LogP contribution >= 0.6 is 24.0 Å². The first-order chi connectivity index (χ1) is 12.7. The molecule has 6 nitrogen and oxygen atoms in total. The number of nitrogens with zero attached hydrogens (tertiary/aromatic N) is 2. The molecule has 0 aliphatic carbocycles. The minimum absolute atomic E-state index is 0. The van der Waals surface area contributed by atoms with Crippen LogP contribution in [0.25, 0.3) is 0 Å². The summed E-state index contributed by atoms with van der Waals surface area (Å²) in [5, 5.41) is 6.78. The number of nitrogens with one attached hydrogen (secondary N) is 2. The van der Waals surface area contributed by atoms with Gasteiger partial charge in [-0.1, -0.05) is 12.1 Å². The third kappa shape index (κ3) is 9.12. The van der Waals surface area contributed by atoms with E-state index < -0.39 is 0 Å². The second-order valence-corrected chi connectivity index (χ2v) is 6.60. The molecular formula is C20H35IN4O2. The molecule has 1 aromatic rings. The van der Waals surface area contributed by atoms with Crippen molar-refractivity contribution in [1.29, 1.82) is 0 Å². The first-order valence-corrected chi connectivity index (χ1v) is 9.69. The van der Waals surface area contributed by atoms with E-state index in [2.05, 4.69) is 41.5 Å². The van der Waals surface area contributed by atoms with Crippen LogP contribution < -0.4 is 15.4 Å². The van der Waals surface area contributed by atoms with Crippen molar-refractivity contribution in [3.8, 4) is 5.75 Å². The van der Waals surface area contributed by atoms with Gasteiger partial charge in [-0.3, -0.25) is 9.89 Å². The van der Waals surface area contributed by atoms with Crippen LogP contribution in [-0.2, 0) is 11.2 Å². The smallest absolute Gasteiger partial charge is 0.191 e. The number of ether oxygens (including phenoxy) is 2. The van der Waals surface area contributed by atoms with Crippen molar-refractivity contribution < 1.29 is 9.47 Å². The maximum atomic E-state index is 5.42. The van der Waals surface area contributed by atoms with Crippen LogP contribution in [-0.4, -0.2) is 69.9 Å². The van der Waals surface area contributed by atoms with Gasteiger partial charge in [0.25, 0.3) is 0 Å². The van der Waals surface area contributed by atoms with Crippen molar-refractivity contribution in [2.24, 2.45) is 4.99 Å². The lowest BCUT2D eigenvalue weighted by Gasteiger charge is -2.31. The maximum absolute atomic E-state index is 5.42. The molecular weight excluding hydrogens is 455 g/mol. The Morgan fingerprint density at radius 3 is 2.56 bits per heavy atom. The molecule has 1 aliphatic rings. The fraction of sp³-hybridized carbons (Fsp3) is 0.650. The maximum Gasteiger partial charge on any atom is 0.191 e. The highest BCUT2D eigenvalue weighted by atomic mass is 127. The Labute approximate surface area is 181 Å². The largest absolute Gasteiger partial charge is 0.497 e. The molecule has 0 spiro atoms. The van der Waals surface area contributed by atoms with Gasteiger partial charge in [-0.2, -0.15) is 0 Å². The fourth-order valence-electron chi connectivity index (χ4n) is 2.99. The number of morpholine rings is 1. The molecule has 0 amide bonds. The molecule has 2 rings (SSSR count). The molecule has 1 aromatic carbocycles. The number of aryl methyl sites for hydroxylation is 1. The third-order valence-corrected chi connectivity index (χ3v) is 4.62. The molecule has 0 radical (unpaired) electrons. The van der Waals surface area contributed by atoms with Gasteiger partial charge in [0, 0.05) is 32.2 Å². The van der Waals surface area contributed by atoms with Crippen LogP contribution in [0.2, 0.25) is 0 Å². The summed E-state index contributed by atoms with van der Waals surface area (Å²) in [5.41, 5.74) is 1.33. The molecule has 7 heteroatoms. The number of aliphatic imine (C=N–C) groups is 1. The SMILES string of the molecule is CCNC(=NCC(C)N1CCOCC1)NCCCc1ccc(OC)cc1.I. The van der Waals surface area contributed by atoms with Crippen molar-refractivity contribution in [1.82, 2.24) is 15.5 Å². The van der Waals surface area contributed by atoms with Gasteiger partial charge < -0.3 is 20.1 Å². The summed E-state index contributed by atoms with van der Waals surface area (Å²) in [4.78, 5) is 7.20. The number of rotatable bonds is 9.